The van der Waals surface area contributed by atoms with Crippen LogP contribution in [0, 0.1) is 29.1 Å². The van der Waals surface area contributed by atoms with Crippen molar-refractivity contribution in [3.8, 4) is 0 Å². The molecule has 150 valence electrons. The zero-order valence-electron chi connectivity index (χ0n) is 14.8. The first-order valence-corrected chi connectivity index (χ1v) is 8.10. The molecule has 1 aliphatic rings. The van der Waals surface area contributed by atoms with Crippen molar-refractivity contribution in [3.63, 3.8) is 0 Å². The molecule has 1 atom stereocenters. The molecule has 0 saturated carbocycles. The van der Waals surface area contributed by atoms with Crippen LogP contribution in [0.5, 0.6) is 0 Å². The van der Waals surface area contributed by atoms with Crippen LogP contribution in [-0.4, -0.2) is 34.2 Å². The standard InChI is InChI=1S/C17H18F5NO4/c1-16(2,3)27-15(26)23-7-5-4-6-17(23,14(24)25)8-9(18)11(20)13(22)12(21)10(8)19/h4-7H2,1-3H3,(H,24,25). The summed E-state index contributed by atoms with van der Waals surface area (Å²) in [6.45, 7) is 4.15. The molecule has 1 saturated heterocycles. The van der Waals surface area contributed by atoms with E-state index in [1.54, 1.807) is 0 Å². The van der Waals surface area contributed by atoms with Gasteiger partial charge in [0.2, 0.25) is 5.82 Å². The van der Waals surface area contributed by atoms with E-state index < -0.39 is 64.3 Å². The third-order valence-electron chi connectivity index (χ3n) is 4.22. The number of benzene rings is 1. The number of ether oxygens (including phenoxy) is 1. The number of carbonyl (C=O) groups excluding carboxylic acids is 1. The highest BCUT2D eigenvalue weighted by molar-refractivity contribution is 5.86. The van der Waals surface area contributed by atoms with Gasteiger partial charge in [-0.1, -0.05) is 0 Å². The highest BCUT2D eigenvalue weighted by Crippen LogP contribution is 2.43. The summed E-state index contributed by atoms with van der Waals surface area (Å²) in [4.78, 5) is 25.1. The van der Waals surface area contributed by atoms with Gasteiger partial charge in [-0.2, -0.15) is 0 Å². The van der Waals surface area contributed by atoms with Crippen molar-refractivity contribution in [1.82, 2.24) is 4.90 Å². The van der Waals surface area contributed by atoms with Crippen LogP contribution in [0.2, 0.25) is 0 Å². The Kier molecular flexibility index (Phi) is 5.40. The highest BCUT2D eigenvalue weighted by atomic mass is 19.2. The van der Waals surface area contributed by atoms with E-state index >= 15 is 0 Å². The lowest BCUT2D eigenvalue weighted by Crippen LogP contribution is -2.59. The summed E-state index contributed by atoms with van der Waals surface area (Å²) >= 11 is 0. The van der Waals surface area contributed by atoms with Crippen LogP contribution in [0.3, 0.4) is 0 Å². The fraction of sp³-hybridized carbons (Fsp3) is 0.529. The van der Waals surface area contributed by atoms with Crippen molar-refractivity contribution in [2.24, 2.45) is 0 Å². The molecule has 27 heavy (non-hydrogen) atoms. The SMILES string of the molecule is CC(C)(C)OC(=O)N1CCCCC1(C(=O)O)c1c(F)c(F)c(F)c(F)c1F. The van der Waals surface area contributed by atoms with Crippen LogP contribution < -0.4 is 0 Å². The molecular formula is C17H18F5NO4. The van der Waals surface area contributed by atoms with E-state index in [0.717, 1.165) is 0 Å². The van der Waals surface area contributed by atoms with Gasteiger partial charge in [0.1, 0.15) is 5.60 Å². The number of nitrogens with zero attached hydrogens (tertiary/aromatic N) is 1. The molecule has 0 aliphatic carbocycles. The first-order valence-electron chi connectivity index (χ1n) is 8.10. The minimum atomic E-state index is -2.79. The van der Waals surface area contributed by atoms with E-state index in [-0.39, 0.29) is 19.4 Å². The third-order valence-corrected chi connectivity index (χ3v) is 4.22. The molecule has 1 aromatic rings. The largest absolute Gasteiger partial charge is 0.479 e. The molecule has 0 spiro atoms. The van der Waals surface area contributed by atoms with E-state index in [1.165, 1.54) is 20.8 Å². The topological polar surface area (TPSA) is 66.8 Å². The van der Waals surface area contributed by atoms with Gasteiger partial charge in [-0.15, -0.1) is 0 Å². The number of aliphatic carboxylic acids is 1. The second-order valence-electron chi connectivity index (χ2n) is 7.20. The van der Waals surface area contributed by atoms with Gasteiger partial charge < -0.3 is 9.84 Å². The van der Waals surface area contributed by atoms with E-state index in [1.807, 2.05) is 0 Å². The normalized spacial score (nSPS) is 20.5. The van der Waals surface area contributed by atoms with Gasteiger partial charge in [-0.25, -0.2) is 31.5 Å². The summed E-state index contributed by atoms with van der Waals surface area (Å²) in [5.74, 6) is -13.5. The van der Waals surface area contributed by atoms with Gasteiger partial charge >= 0.3 is 12.1 Å². The van der Waals surface area contributed by atoms with Crippen molar-refractivity contribution in [2.45, 2.75) is 51.2 Å². The lowest BCUT2D eigenvalue weighted by atomic mass is 9.79. The molecule has 1 aliphatic heterocycles. The van der Waals surface area contributed by atoms with Gasteiger partial charge in [0, 0.05) is 6.54 Å². The molecule has 1 aromatic carbocycles. The number of amides is 1. The molecule has 1 unspecified atom stereocenters. The fourth-order valence-electron chi connectivity index (χ4n) is 3.10. The van der Waals surface area contributed by atoms with Gasteiger partial charge in [0.05, 0.1) is 5.56 Å². The number of hydrogen-bond donors (Lipinski definition) is 1. The molecule has 10 heteroatoms. The number of carboxylic acid groups (broad SMARTS) is 1. The van der Waals surface area contributed by atoms with Crippen LogP contribution in [0.4, 0.5) is 26.7 Å². The van der Waals surface area contributed by atoms with E-state index in [2.05, 4.69) is 0 Å². The molecule has 0 bridgehead atoms. The van der Waals surface area contributed by atoms with Gasteiger partial charge in [-0.05, 0) is 40.0 Å². The number of likely N-dealkylation sites (tertiary alicyclic amines) is 1. The molecule has 0 aromatic heterocycles. The summed E-state index contributed by atoms with van der Waals surface area (Å²) in [6, 6.07) is 0. The minimum absolute atomic E-state index is 0.0884. The first-order chi connectivity index (χ1) is 12.3. The Morgan fingerprint density at radius 3 is 1.89 bits per heavy atom. The maximum Gasteiger partial charge on any atom is 0.411 e. The van der Waals surface area contributed by atoms with Crippen LogP contribution >= 0.6 is 0 Å². The predicted octanol–water partition coefficient (Wildman–Crippen LogP) is 4.08. The maximum atomic E-state index is 14.4. The molecule has 1 fully saturated rings. The third kappa shape index (κ3) is 3.44. The molecule has 1 heterocycles. The van der Waals surface area contributed by atoms with Gasteiger partial charge in [-0.3, -0.25) is 4.90 Å². The van der Waals surface area contributed by atoms with Crippen molar-refractivity contribution in [1.29, 1.82) is 0 Å². The summed E-state index contributed by atoms with van der Waals surface area (Å²) < 4.78 is 74.7. The number of piperidine rings is 1. The van der Waals surface area contributed by atoms with E-state index in [4.69, 9.17) is 4.74 Å². The predicted molar refractivity (Wildman–Crippen MR) is 82.3 cm³/mol. The van der Waals surface area contributed by atoms with Crippen molar-refractivity contribution in [3.05, 3.63) is 34.6 Å². The minimum Gasteiger partial charge on any atom is -0.479 e. The number of hydrogen-bond acceptors (Lipinski definition) is 3. The average molecular weight is 395 g/mol. The van der Waals surface area contributed by atoms with E-state index in [0.29, 0.717) is 4.90 Å². The number of carbonyl (C=O) groups is 2. The summed E-state index contributed by atoms with van der Waals surface area (Å²) in [5, 5.41) is 9.74. The van der Waals surface area contributed by atoms with Crippen LogP contribution in [-0.2, 0) is 15.1 Å². The number of carboxylic acids is 1. The van der Waals surface area contributed by atoms with Crippen molar-refractivity contribution < 1.29 is 41.4 Å². The molecular weight excluding hydrogens is 377 g/mol. The zero-order valence-corrected chi connectivity index (χ0v) is 14.8. The Hall–Kier alpha value is -2.39. The number of rotatable bonds is 2. The van der Waals surface area contributed by atoms with Crippen molar-refractivity contribution in [2.75, 3.05) is 6.54 Å². The summed E-state index contributed by atoms with van der Waals surface area (Å²) in [5.41, 5.74) is -5.43. The van der Waals surface area contributed by atoms with E-state index in [9.17, 15) is 36.6 Å². The second-order valence-corrected chi connectivity index (χ2v) is 7.20. The second kappa shape index (κ2) is 6.97. The quantitative estimate of drug-likeness (QED) is 0.466. The Labute approximate surface area is 151 Å². The molecule has 1 N–H and O–H groups in total. The van der Waals surface area contributed by atoms with Crippen LogP contribution in [0.25, 0.3) is 0 Å². The zero-order chi connectivity index (χ0) is 20.7. The molecule has 2 rings (SSSR count). The van der Waals surface area contributed by atoms with Gasteiger partial charge in [0.25, 0.3) is 0 Å². The Balaban J connectivity index is 2.77. The van der Waals surface area contributed by atoms with Gasteiger partial charge in [0.15, 0.2) is 28.8 Å². The molecule has 0 radical (unpaired) electrons. The lowest BCUT2D eigenvalue weighted by molar-refractivity contribution is -0.155. The van der Waals surface area contributed by atoms with Crippen molar-refractivity contribution >= 4 is 12.1 Å². The average Bonchev–Trinajstić information content (AvgIpc) is 2.57. The first kappa shape index (κ1) is 20.9. The summed E-state index contributed by atoms with van der Waals surface area (Å²) in [7, 11) is 0. The monoisotopic (exact) mass is 395 g/mol. The Morgan fingerprint density at radius 2 is 1.44 bits per heavy atom. The fourth-order valence-corrected chi connectivity index (χ4v) is 3.10. The Bertz CT molecular complexity index is 764. The molecule has 5 nitrogen and oxygen atoms in total. The number of halogens is 5. The lowest BCUT2D eigenvalue weighted by Gasteiger charge is -2.44. The van der Waals surface area contributed by atoms with Crippen LogP contribution in [0.15, 0.2) is 0 Å². The smallest absolute Gasteiger partial charge is 0.411 e. The summed E-state index contributed by atoms with van der Waals surface area (Å²) in [6.07, 6.45) is -1.41. The molecule has 1 amide bonds. The Morgan fingerprint density at radius 1 is 0.963 bits per heavy atom. The van der Waals surface area contributed by atoms with Crippen LogP contribution in [0.1, 0.15) is 45.6 Å². The highest BCUT2D eigenvalue weighted by Gasteiger charge is 2.55. The maximum absolute atomic E-state index is 14.4.